The van der Waals surface area contributed by atoms with Crippen molar-refractivity contribution in [2.75, 3.05) is 25.1 Å². The van der Waals surface area contributed by atoms with Crippen LogP contribution < -0.4 is 20.5 Å². The van der Waals surface area contributed by atoms with Gasteiger partial charge in [0.15, 0.2) is 5.11 Å². The van der Waals surface area contributed by atoms with Gasteiger partial charge in [-0.3, -0.25) is 4.79 Å². The second-order valence-electron chi connectivity index (χ2n) is 7.39. The molecule has 7 nitrogen and oxygen atoms in total. The van der Waals surface area contributed by atoms with E-state index in [1.54, 1.807) is 24.3 Å². The molecule has 2 aromatic rings. The summed E-state index contributed by atoms with van der Waals surface area (Å²) < 4.78 is 11.1. The van der Waals surface area contributed by atoms with E-state index in [-0.39, 0.29) is 25.0 Å². The number of rotatable bonds is 11. The van der Waals surface area contributed by atoms with E-state index < -0.39 is 6.10 Å². The zero-order valence-electron chi connectivity index (χ0n) is 18.2. The van der Waals surface area contributed by atoms with Crippen LogP contribution in [0.15, 0.2) is 48.5 Å². The van der Waals surface area contributed by atoms with Crippen molar-refractivity contribution in [2.24, 2.45) is 5.73 Å². The summed E-state index contributed by atoms with van der Waals surface area (Å²) in [6.45, 7) is 7.01. The van der Waals surface area contributed by atoms with E-state index in [1.165, 1.54) is 0 Å². The Morgan fingerprint density at radius 2 is 1.68 bits per heavy atom. The third kappa shape index (κ3) is 8.43. The number of ether oxygens (including phenoxy) is 2. The Bertz CT molecular complexity index is 841. The van der Waals surface area contributed by atoms with Crippen molar-refractivity contribution in [3.05, 3.63) is 54.1 Å². The minimum Gasteiger partial charge on any atom is -0.494 e. The number of aliphatic hydroxyl groups excluding tert-OH is 1. The normalized spacial score (nSPS) is 11.6. The molecule has 1 amide bonds. The van der Waals surface area contributed by atoms with Gasteiger partial charge in [0.2, 0.25) is 5.91 Å². The van der Waals surface area contributed by atoms with Crippen molar-refractivity contribution in [3.63, 3.8) is 0 Å². The molecule has 8 heteroatoms. The van der Waals surface area contributed by atoms with Crippen LogP contribution >= 0.6 is 12.2 Å². The van der Waals surface area contributed by atoms with Gasteiger partial charge in [0.25, 0.3) is 0 Å². The molecule has 2 rings (SSSR count). The number of nitrogens with one attached hydrogen (secondary N) is 1. The fourth-order valence-electron chi connectivity index (χ4n) is 2.90. The SMILES string of the molecule is CCOc1ccc(NC(=S)N(CC(O)COc2ccc(CC(N)=O)cc2)C(C)C)cc1. The highest BCUT2D eigenvalue weighted by atomic mass is 32.1. The van der Waals surface area contributed by atoms with Gasteiger partial charge in [-0.25, -0.2) is 0 Å². The quantitative estimate of drug-likeness (QED) is 0.458. The molecular weight excluding hydrogens is 414 g/mol. The smallest absolute Gasteiger partial charge is 0.221 e. The maximum atomic E-state index is 11.0. The van der Waals surface area contributed by atoms with Crippen LogP contribution in [0.1, 0.15) is 26.3 Å². The Morgan fingerprint density at radius 1 is 1.10 bits per heavy atom. The molecular formula is C23H31N3O4S. The van der Waals surface area contributed by atoms with Crippen LogP contribution in [-0.2, 0) is 11.2 Å². The fourth-order valence-corrected chi connectivity index (χ4v) is 3.30. The molecule has 0 radical (unpaired) electrons. The van der Waals surface area contributed by atoms with Crippen molar-refractivity contribution in [1.29, 1.82) is 0 Å². The van der Waals surface area contributed by atoms with Crippen molar-refractivity contribution in [1.82, 2.24) is 4.90 Å². The number of aliphatic hydroxyl groups is 1. The lowest BCUT2D eigenvalue weighted by molar-refractivity contribution is -0.117. The van der Waals surface area contributed by atoms with Gasteiger partial charge in [-0.2, -0.15) is 0 Å². The second kappa shape index (κ2) is 12.1. The van der Waals surface area contributed by atoms with E-state index in [9.17, 15) is 9.90 Å². The molecule has 1 unspecified atom stereocenters. The Hall–Kier alpha value is -2.84. The van der Waals surface area contributed by atoms with Crippen molar-refractivity contribution >= 4 is 28.9 Å². The zero-order chi connectivity index (χ0) is 22.8. The van der Waals surface area contributed by atoms with Crippen molar-refractivity contribution in [3.8, 4) is 11.5 Å². The molecule has 0 aliphatic heterocycles. The molecule has 0 heterocycles. The molecule has 0 bridgehead atoms. The summed E-state index contributed by atoms with van der Waals surface area (Å²) in [5.74, 6) is 1.03. The Morgan fingerprint density at radius 3 is 2.23 bits per heavy atom. The molecule has 0 saturated carbocycles. The minimum atomic E-state index is -0.743. The van der Waals surface area contributed by atoms with Gasteiger partial charge in [-0.15, -0.1) is 0 Å². The van der Waals surface area contributed by atoms with Crippen LogP contribution in [0.2, 0.25) is 0 Å². The van der Waals surface area contributed by atoms with Gasteiger partial charge < -0.3 is 30.5 Å². The predicted octanol–water partition coefficient (Wildman–Crippen LogP) is 2.96. The molecule has 0 spiro atoms. The number of anilines is 1. The minimum absolute atomic E-state index is 0.0884. The number of primary amides is 1. The third-order valence-corrected chi connectivity index (χ3v) is 4.79. The maximum Gasteiger partial charge on any atom is 0.221 e. The summed E-state index contributed by atoms with van der Waals surface area (Å²) in [5.41, 5.74) is 6.86. The number of carbonyl (C=O) groups is 1. The number of thiocarbonyl (C=S) groups is 1. The monoisotopic (exact) mass is 445 g/mol. The lowest BCUT2D eigenvalue weighted by atomic mass is 10.1. The lowest BCUT2D eigenvalue weighted by Gasteiger charge is -2.31. The van der Waals surface area contributed by atoms with Gasteiger partial charge in [0.1, 0.15) is 24.2 Å². The molecule has 1 atom stereocenters. The van der Waals surface area contributed by atoms with Gasteiger partial charge in [-0.1, -0.05) is 12.1 Å². The summed E-state index contributed by atoms with van der Waals surface area (Å²) >= 11 is 5.56. The molecule has 2 aromatic carbocycles. The number of hydrogen-bond acceptors (Lipinski definition) is 5. The first-order valence-corrected chi connectivity index (χ1v) is 10.7. The molecule has 31 heavy (non-hydrogen) atoms. The summed E-state index contributed by atoms with van der Waals surface area (Å²) in [7, 11) is 0. The van der Waals surface area contributed by atoms with Gasteiger partial charge in [-0.05, 0) is 75.0 Å². The first-order chi connectivity index (χ1) is 14.8. The predicted molar refractivity (Wildman–Crippen MR) is 127 cm³/mol. The summed E-state index contributed by atoms with van der Waals surface area (Å²) in [4.78, 5) is 12.9. The number of amides is 1. The first-order valence-electron chi connectivity index (χ1n) is 10.3. The average Bonchev–Trinajstić information content (AvgIpc) is 2.72. The average molecular weight is 446 g/mol. The molecule has 0 saturated heterocycles. The van der Waals surface area contributed by atoms with E-state index >= 15 is 0 Å². The topological polar surface area (TPSA) is 97.1 Å². The second-order valence-corrected chi connectivity index (χ2v) is 7.77. The Labute approximate surface area is 189 Å². The summed E-state index contributed by atoms with van der Waals surface area (Å²) in [6.07, 6.45) is -0.557. The third-order valence-electron chi connectivity index (χ3n) is 4.45. The molecule has 0 fully saturated rings. The zero-order valence-corrected chi connectivity index (χ0v) is 19.0. The summed E-state index contributed by atoms with van der Waals surface area (Å²) in [6, 6.07) is 14.7. The van der Waals surface area contributed by atoms with Crippen molar-refractivity contribution in [2.45, 2.75) is 39.3 Å². The van der Waals surface area contributed by atoms with Crippen LogP contribution in [0, 0.1) is 0 Å². The van der Waals surface area contributed by atoms with E-state index in [0.29, 0.717) is 24.0 Å². The highest BCUT2D eigenvalue weighted by molar-refractivity contribution is 7.80. The highest BCUT2D eigenvalue weighted by Gasteiger charge is 2.18. The van der Waals surface area contributed by atoms with E-state index in [2.05, 4.69) is 5.32 Å². The maximum absolute atomic E-state index is 11.0. The van der Waals surface area contributed by atoms with E-state index in [1.807, 2.05) is 49.9 Å². The molecule has 0 aliphatic rings. The van der Waals surface area contributed by atoms with Gasteiger partial charge in [0, 0.05) is 18.3 Å². The van der Waals surface area contributed by atoms with Gasteiger partial charge in [0.05, 0.1) is 13.0 Å². The van der Waals surface area contributed by atoms with Crippen LogP contribution in [-0.4, -0.2) is 52.9 Å². The van der Waals surface area contributed by atoms with E-state index in [4.69, 9.17) is 27.4 Å². The van der Waals surface area contributed by atoms with Crippen LogP contribution in [0.25, 0.3) is 0 Å². The highest BCUT2D eigenvalue weighted by Crippen LogP contribution is 2.17. The van der Waals surface area contributed by atoms with Crippen molar-refractivity contribution < 1.29 is 19.4 Å². The first kappa shape index (κ1) is 24.4. The lowest BCUT2D eigenvalue weighted by Crippen LogP contribution is -2.45. The molecule has 4 N–H and O–H groups in total. The number of carbonyl (C=O) groups excluding carboxylic acids is 1. The largest absolute Gasteiger partial charge is 0.494 e. The van der Waals surface area contributed by atoms with Crippen LogP contribution in [0.4, 0.5) is 5.69 Å². The van der Waals surface area contributed by atoms with E-state index in [0.717, 1.165) is 17.0 Å². The number of benzene rings is 2. The Balaban J connectivity index is 1.88. The standard InChI is InChI=1S/C23H31N3O4S/c1-4-29-20-11-7-18(8-12-20)25-23(31)26(16(2)3)14-19(27)15-30-21-9-5-17(6-10-21)13-22(24)28/h5-12,16,19,27H,4,13-15H2,1-3H3,(H2,24,28)(H,25,31). The van der Waals surface area contributed by atoms with Crippen LogP contribution in [0.3, 0.4) is 0 Å². The summed E-state index contributed by atoms with van der Waals surface area (Å²) in [5, 5.41) is 14.2. The van der Waals surface area contributed by atoms with Crippen LogP contribution in [0.5, 0.6) is 11.5 Å². The molecule has 0 aromatic heterocycles. The molecule has 0 aliphatic carbocycles. The number of hydrogen-bond donors (Lipinski definition) is 3. The number of nitrogens with two attached hydrogens (primary N) is 1. The number of nitrogens with zero attached hydrogens (tertiary/aromatic N) is 1. The Kier molecular flexibility index (Phi) is 9.55. The van der Waals surface area contributed by atoms with Gasteiger partial charge >= 0.3 is 0 Å². The molecule has 168 valence electrons. The fraction of sp³-hybridized carbons (Fsp3) is 0.391.